The van der Waals surface area contributed by atoms with Crippen LogP contribution < -0.4 is 14.8 Å². The Morgan fingerprint density at radius 1 is 1.28 bits per heavy atom. The van der Waals surface area contributed by atoms with Gasteiger partial charge in [0.25, 0.3) is 0 Å². The number of hydrogen-bond acceptors (Lipinski definition) is 6. The van der Waals surface area contributed by atoms with Crippen molar-refractivity contribution in [3.05, 3.63) is 52.9 Å². The molecule has 1 saturated heterocycles. The Bertz CT molecular complexity index is 801. The van der Waals surface area contributed by atoms with Gasteiger partial charge in [-0.1, -0.05) is 12.1 Å². The van der Waals surface area contributed by atoms with Crippen molar-refractivity contribution in [2.24, 2.45) is 0 Å². The Morgan fingerprint density at radius 2 is 2.14 bits per heavy atom. The molecule has 156 valence electrons. The summed E-state index contributed by atoms with van der Waals surface area (Å²) in [5.41, 5.74) is 0. The lowest BCUT2D eigenvalue weighted by Gasteiger charge is -2.12. The molecule has 0 saturated carbocycles. The molecule has 1 amide bonds. The van der Waals surface area contributed by atoms with Crippen molar-refractivity contribution in [1.29, 1.82) is 0 Å². The number of methoxy groups -OCH3 is 1. The normalized spacial score (nSPS) is 14.4. The van der Waals surface area contributed by atoms with E-state index in [1.165, 1.54) is 42.6 Å². The van der Waals surface area contributed by atoms with Crippen molar-refractivity contribution in [3.8, 4) is 11.5 Å². The largest absolute Gasteiger partial charge is 0.497 e. The fourth-order valence-electron chi connectivity index (χ4n) is 3.04. The topological polar surface area (TPSA) is 50.8 Å². The zero-order valence-electron chi connectivity index (χ0n) is 16.8. The summed E-state index contributed by atoms with van der Waals surface area (Å²) < 4.78 is 11.0. The van der Waals surface area contributed by atoms with Gasteiger partial charge in [-0.15, -0.1) is 23.1 Å². The van der Waals surface area contributed by atoms with Gasteiger partial charge in [-0.05, 0) is 56.4 Å². The second-order valence-corrected chi connectivity index (χ2v) is 8.85. The van der Waals surface area contributed by atoms with Gasteiger partial charge in [-0.2, -0.15) is 0 Å². The lowest BCUT2D eigenvalue weighted by Crippen LogP contribution is -2.19. The molecule has 1 aliphatic heterocycles. The van der Waals surface area contributed by atoms with E-state index in [1.54, 1.807) is 24.6 Å². The minimum atomic E-state index is -0.0284. The smallest absolute Gasteiger partial charge is 0.234 e. The number of benzene rings is 1. The number of likely N-dealkylation sites (tertiary alicyclic amines) is 1. The third-order valence-corrected chi connectivity index (χ3v) is 6.43. The van der Waals surface area contributed by atoms with Gasteiger partial charge in [0.2, 0.25) is 5.91 Å². The lowest BCUT2D eigenvalue weighted by molar-refractivity contribution is -0.117. The number of amides is 1. The number of carbonyl (C=O) groups is 1. The summed E-state index contributed by atoms with van der Waals surface area (Å²) in [6, 6.07) is 9.84. The molecule has 5 nitrogen and oxygen atoms in total. The summed E-state index contributed by atoms with van der Waals surface area (Å²) in [5, 5.41) is 4.87. The van der Waals surface area contributed by atoms with Crippen molar-refractivity contribution in [2.75, 3.05) is 32.6 Å². The number of nitrogens with zero attached hydrogens (tertiary/aromatic N) is 1. The van der Waals surface area contributed by atoms with E-state index in [4.69, 9.17) is 9.47 Å². The molecule has 0 atom stereocenters. The molecule has 7 heteroatoms. The maximum absolute atomic E-state index is 11.9. The van der Waals surface area contributed by atoms with Crippen LogP contribution in [-0.2, 0) is 11.3 Å². The second-order valence-electron chi connectivity index (χ2n) is 6.81. The van der Waals surface area contributed by atoms with E-state index in [-0.39, 0.29) is 5.91 Å². The van der Waals surface area contributed by atoms with Gasteiger partial charge < -0.3 is 14.8 Å². The maximum atomic E-state index is 11.9. The number of thiophene rings is 1. The Labute approximate surface area is 181 Å². The highest BCUT2D eigenvalue weighted by Crippen LogP contribution is 2.24. The van der Waals surface area contributed by atoms with Crippen molar-refractivity contribution in [3.63, 3.8) is 0 Å². The fourth-order valence-corrected chi connectivity index (χ4v) is 4.64. The standard InChI is InChI=1S/C22H28N2O3S2/c1-26-18-7-6-8-20(13-18)29-17-22(25)23-9-2-5-12-27-19-14-21(28-16-19)15-24-10-3-4-11-24/h2,6-9,13-14,16H,3-5,10-12,15,17H2,1H3,(H,23,25)/b9-2-. The zero-order valence-corrected chi connectivity index (χ0v) is 18.4. The predicted molar refractivity (Wildman–Crippen MR) is 120 cm³/mol. The molecule has 1 aromatic heterocycles. The molecule has 3 rings (SSSR count). The molecule has 0 aliphatic carbocycles. The number of hydrogen-bond donors (Lipinski definition) is 1. The van der Waals surface area contributed by atoms with Gasteiger partial charge in [0, 0.05) is 28.1 Å². The zero-order chi connectivity index (χ0) is 20.3. The summed E-state index contributed by atoms with van der Waals surface area (Å²) >= 11 is 3.25. The van der Waals surface area contributed by atoms with Gasteiger partial charge in [-0.3, -0.25) is 9.69 Å². The minimum absolute atomic E-state index is 0.0284. The molecule has 2 heterocycles. The van der Waals surface area contributed by atoms with Crippen LogP contribution in [0.3, 0.4) is 0 Å². The number of nitrogens with one attached hydrogen (secondary N) is 1. The Balaban J connectivity index is 1.27. The predicted octanol–water partition coefficient (Wildman–Crippen LogP) is 4.54. The number of rotatable bonds is 11. The highest BCUT2D eigenvalue weighted by atomic mass is 32.2. The molecular weight excluding hydrogens is 404 g/mol. The summed E-state index contributed by atoms with van der Waals surface area (Å²) in [7, 11) is 1.64. The molecule has 0 spiro atoms. The summed E-state index contributed by atoms with van der Waals surface area (Å²) in [6.07, 6.45) is 7.01. The van der Waals surface area contributed by atoms with E-state index in [2.05, 4.69) is 21.7 Å². The number of thioether (sulfide) groups is 1. The minimum Gasteiger partial charge on any atom is -0.497 e. The van der Waals surface area contributed by atoms with Crippen molar-refractivity contribution >= 4 is 29.0 Å². The Kier molecular flexibility index (Phi) is 8.92. The van der Waals surface area contributed by atoms with E-state index in [9.17, 15) is 4.79 Å². The Morgan fingerprint density at radius 3 is 2.97 bits per heavy atom. The highest BCUT2D eigenvalue weighted by molar-refractivity contribution is 8.00. The first kappa shape index (κ1) is 21.7. The van der Waals surface area contributed by atoms with E-state index >= 15 is 0 Å². The van der Waals surface area contributed by atoms with Crippen molar-refractivity contribution in [1.82, 2.24) is 10.2 Å². The highest BCUT2D eigenvalue weighted by Gasteiger charge is 2.13. The molecule has 0 bridgehead atoms. The summed E-state index contributed by atoms with van der Waals surface area (Å²) in [6.45, 7) is 4.06. The molecule has 1 fully saturated rings. The molecular formula is C22H28N2O3S2. The first-order valence-corrected chi connectivity index (χ1v) is 11.7. The monoisotopic (exact) mass is 432 g/mol. The van der Waals surface area contributed by atoms with E-state index in [1.807, 2.05) is 30.3 Å². The molecule has 1 aromatic carbocycles. The third-order valence-electron chi connectivity index (χ3n) is 4.53. The lowest BCUT2D eigenvalue weighted by atomic mass is 10.3. The molecule has 2 aromatic rings. The van der Waals surface area contributed by atoms with Crippen LogP contribution in [-0.4, -0.2) is 43.4 Å². The van der Waals surface area contributed by atoms with Crippen LogP contribution in [0.25, 0.3) is 0 Å². The Hall–Kier alpha value is -1.96. The van der Waals surface area contributed by atoms with Crippen LogP contribution in [0.5, 0.6) is 11.5 Å². The first-order chi connectivity index (χ1) is 14.2. The molecule has 0 unspecified atom stereocenters. The molecule has 0 radical (unpaired) electrons. The quantitative estimate of drug-likeness (QED) is 0.417. The van der Waals surface area contributed by atoms with Crippen LogP contribution in [0.1, 0.15) is 24.1 Å². The van der Waals surface area contributed by atoms with Crippen LogP contribution in [0.15, 0.2) is 52.9 Å². The average molecular weight is 433 g/mol. The van der Waals surface area contributed by atoms with Crippen molar-refractivity contribution in [2.45, 2.75) is 30.7 Å². The average Bonchev–Trinajstić information content (AvgIpc) is 3.41. The number of carbonyl (C=O) groups excluding carboxylic acids is 1. The van der Waals surface area contributed by atoms with Crippen LogP contribution in [0, 0.1) is 0 Å². The molecule has 1 N–H and O–H groups in total. The second kappa shape index (κ2) is 11.9. The van der Waals surface area contributed by atoms with Crippen LogP contribution >= 0.6 is 23.1 Å². The number of ether oxygens (including phenoxy) is 2. The first-order valence-electron chi connectivity index (χ1n) is 9.87. The van der Waals surface area contributed by atoms with Gasteiger partial charge in [0.05, 0.1) is 19.5 Å². The molecule has 1 aliphatic rings. The van der Waals surface area contributed by atoms with E-state index in [0.717, 1.165) is 29.4 Å². The van der Waals surface area contributed by atoms with Gasteiger partial charge >= 0.3 is 0 Å². The fraction of sp³-hybridized carbons (Fsp3) is 0.409. The van der Waals surface area contributed by atoms with E-state index in [0.29, 0.717) is 12.4 Å². The third kappa shape index (κ3) is 7.76. The van der Waals surface area contributed by atoms with Gasteiger partial charge in [0.1, 0.15) is 11.5 Å². The van der Waals surface area contributed by atoms with E-state index < -0.39 is 0 Å². The van der Waals surface area contributed by atoms with Crippen LogP contribution in [0.4, 0.5) is 0 Å². The summed E-state index contributed by atoms with van der Waals surface area (Å²) in [4.78, 5) is 16.8. The molecule has 29 heavy (non-hydrogen) atoms. The van der Waals surface area contributed by atoms with Crippen molar-refractivity contribution < 1.29 is 14.3 Å². The van der Waals surface area contributed by atoms with Crippen LogP contribution in [0.2, 0.25) is 0 Å². The van der Waals surface area contributed by atoms with Gasteiger partial charge in [-0.25, -0.2) is 0 Å². The van der Waals surface area contributed by atoms with Gasteiger partial charge in [0.15, 0.2) is 0 Å². The maximum Gasteiger partial charge on any atom is 0.234 e. The summed E-state index contributed by atoms with van der Waals surface area (Å²) in [5.74, 6) is 2.07. The SMILES string of the molecule is COc1cccc(SCC(=O)N/C=C\CCOc2csc(CN3CCCC3)c2)c1.